The van der Waals surface area contributed by atoms with Crippen molar-refractivity contribution in [3.63, 3.8) is 0 Å². The second-order valence-electron chi connectivity index (χ2n) is 6.09. The smallest absolute Gasteiger partial charge is 0.270 e. The average molecular weight is 390 g/mol. The third-order valence-electron chi connectivity index (χ3n) is 3.94. The molecule has 4 amide bonds. The van der Waals surface area contributed by atoms with E-state index in [2.05, 4.69) is 10.6 Å². The van der Waals surface area contributed by atoms with Crippen LogP contribution >= 0.6 is 0 Å². The molecule has 28 heavy (non-hydrogen) atoms. The maximum absolute atomic E-state index is 12.3. The lowest BCUT2D eigenvalue weighted by Crippen LogP contribution is -2.42. The van der Waals surface area contributed by atoms with Crippen LogP contribution in [0.15, 0.2) is 18.2 Å². The molecular formula is C17H18N4O7. The highest BCUT2D eigenvalue weighted by atomic mass is 16.6. The Morgan fingerprint density at radius 1 is 1.00 bits per heavy atom. The Labute approximate surface area is 159 Å². The number of nitrogens with one attached hydrogen (secondary N) is 2. The van der Waals surface area contributed by atoms with Crippen molar-refractivity contribution in [2.45, 2.75) is 19.8 Å². The lowest BCUT2D eigenvalue weighted by Gasteiger charge is -2.13. The molecule has 1 aromatic carbocycles. The molecule has 0 bridgehead atoms. The fourth-order valence-corrected chi connectivity index (χ4v) is 2.52. The van der Waals surface area contributed by atoms with E-state index in [9.17, 15) is 34.1 Å². The van der Waals surface area contributed by atoms with Crippen molar-refractivity contribution in [3.05, 3.63) is 39.4 Å². The van der Waals surface area contributed by atoms with Crippen LogP contribution in [-0.4, -0.2) is 58.9 Å². The number of amides is 4. The maximum atomic E-state index is 12.3. The topological polar surface area (TPSA) is 156 Å². The number of hydrogen-bond acceptors (Lipinski definition) is 7. The third kappa shape index (κ3) is 4.96. The van der Waals surface area contributed by atoms with E-state index >= 15 is 0 Å². The van der Waals surface area contributed by atoms with Crippen molar-refractivity contribution < 1.29 is 28.9 Å². The molecule has 1 aliphatic heterocycles. The van der Waals surface area contributed by atoms with Crippen molar-refractivity contribution in [2.75, 3.05) is 19.6 Å². The van der Waals surface area contributed by atoms with Crippen LogP contribution in [0, 0.1) is 10.1 Å². The van der Waals surface area contributed by atoms with Gasteiger partial charge in [0, 0.05) is 38.1 Å². The zero-order valence-corrected chi connectivity index (χ0v) is 15.0. The van der Waals surface area contributed by atoms with Gasteiger partial charge >= 0.3 is 0 Å². The summed E-state index contributed by atoms with van der Waals surface area (Å²) in [4.78, 5) is 69.5. The van der Waals surface area contributed by atoms with E-state index in [1.165, 1.54) is 13.0 Å². The Hall–Kier alpha value is -3.63. The molecule has 1 aliphatic rings. The number of fused-ring (bicyclic) bond motifs is 1. The predicted molar refractivity (Wildman–Crippen MR) is 94.4 cm³/mol. The molecule has 0 atom stereocenters. The average Bonchev–Trinajstić information content (AvgIpc) is 2.88. The highest BCUT2D eigenvalue weighted by Crippen LogP contribution is 2.26. The summed E-state index contributed by atoms with van der Waals surface area (Å²) in [7, 11) is 0. The fourth-order valence-electron chi connectivity index (χ4n) is 2.52. The largest absolute Gasteiger partial charge is 0.354 e. The van der Waals surface area contributed by atoms with Gasteiger partial charge in [0.25, 0.3) is 17.5 Å². The van der Waals surface area contributed by atoms with Gasteiger partial charge in [-0.3, -0.25) is 34.2 Å². The van der Waals surface area contributed by atoms with Crippen LogP contribution in [0.2, 0.25) is 0 Å². The maximum Gasteiger partial charge on any atom is 0.270 e. The normalized spacial score (nSPS) is 12.5. The van der Waals surface area contributed by atoms with E-state index in [0.717, 1.165) is 12.1 Å². The molecule has 1 heterocycles. The molecule has 0 saturated heterocycles. The summed E-state index contributed by atoms with van der Waals surface area (Å²) in [6.07, 6.45) is 0.195. The molecule has 0 aromatic heterocycles. The van der Waals surface area contributed by atoms with Gasteiger partial charge in [0.15, 0.2) is 0 Å². The number of Topliss-reactive ketones (excluding diaryl/α,β-unsaturated/α-hetero) is 1. The number of nitro benzene ring substituents is 1. The highest BCUT2D eigenvalue weighted by Gasteiger charge is 2.37. The third-order valence-corrected chi connectivity index (χ3v) is 3.94. The first-order valence-electron chi connectivity index (χ1n) is 8.38. The van der Waals surface area contributed by atoms with Crippen molar-refractivity contribution >= 4 is 35.1 Å². The van der Waals surface area contributed by atoms with E-state index < -0.39 is 29.2 Å². The monoisotopic (exact) mass is 390 g/mol. The number of non-ortho nitro benzene ring substituents is 1. The second-order valence-corrected chi connectivity index (χ2v) is 6.09. The Morgan fingerprint density at radius 2 is 1.61 bits per heavy atom. The van der Waals surface area contributed by atoms with Crippen LogP contribution in [0.4, 0.5) is 5.69 Å². The molecule has 11 heteroatoms. The minimum Gasteiger partial charge on any atom is -0.354 e. The van der Waals surface area contributed by atoms with Crippen LogP contribution in [0.25, 0.3) is 0 Å². The van der Waals surface area contributed by atoms with Gasteiger partial charge in [0.2, 0.25) is 11.8 Å². The number of rotatable bonds is 9. The van der Waals surface area contributed by atoms with Crippen molar-refractivity contribution in [3.8, 4) is 0 Å². The lowest BCUT2D eigenvalue weighted by atomic mass is 10.1. The highest BCUT2D eigenvalue weighted by molar-refractivity contribution is 6.22. The van der Waals surface area contributed by atoms with Crippen molar-refractivity contribution in [2.24, 2.45) is 0 Å². The van der Waals surface area contributed by atoms with Gasteiger partial charge in [-0.25, -0.2) is 0 Å². The van der Waals surface area contributed by atoms with E-state index in [1.54, 1.807) is 0 Å². The number of nitrogens with zero attached hydrogens (tertiary/aromatic N) is 2. The van der Waals surface area contributed by atoms with Crippen LogP contribution in [0.3, 0.4) is 0 Å². The van der Waals surface area contributed by atoms with Gasteiger partial charge in [0.05, 0.1) is 16.1 Å². The first-order chi connectivity index (χ1) is 13.2. The lowest BCUT2D eigenvalue weighted by molar-refractivity contribution is -0.384. The zero-order valence-electron chi connectivity index (χ0n) is 15.0. The fraction of sp³-hybridized carbons (Fsp3) is 0.353. The van der Waals surface area contributed by atoms with E-state index in [0.29, 0.717) is 4.90 Å². The number of nitro groups is 1. The van der Waals surface area contributed by atoms with Gasteiger partial charge in [0.1, 0.15) is 12.3 Å². The number of carbonyl (C=O) groups is 5. The zero-order chi connectivity index (χ0) is 20.8. The molecule has 0 saturated carbocycles. The van der Waals surface area contributed by atoms with E-state index in [4.69, 9.17) is 0 Å². The summed E-state index contributed by atoms with van der Waals surface area (Å²) < 4.78 is 0. The summed E-state index contributed by atoms with van der Waals surface area (Å²) in [5, 5.41) is 15.8. The molecule has 0 radical (unpaired) electrons. The molecule has 2 N–H and O–H groups in total. The van der Waals surface area contributed by atoms with Gasteiger partial charge < -0.3 is 15.4 Å². The number of ketones is 1. The first kappa shape index (κ1) is 20.7. The van der Waals surface area contributed by atoms with E-state index in [1.807, 2.05) is 0 Å². The van der Waals surface area contributed by atoms with E-state index in [-0.39, 0.29) is 54.4 Å². The van der Waals surface area contributed by atoms with Gasteiger partial charge in [-0.2, -0.15) is 0 Å². The van der Waals surface area contributed by atoms with Crippen LogP contribution in [0.1, 0.15) is 40.5 Å². The Kier molecular flexibility index (Phi) is 6.53. The van der Waals surface area contributed by atoms with Crippen molar-refractivity contribution in [1.29, 1.82) is 0 Å². The van der Waals surface area contributed by atoms with Gasteiger partial charge in [-0.1, -0.05) is 0 Å². The summed E-state index contributed by atoms with van der Waals surface area (Å²) in [5.41, 5.74) is -0.447. The molecule has 148 valence electrons. The van der Waals surface area contributed by atoms with Crippen LogP contribution in [-0.2, 0) is 14.4 Å². The number of benzene rings is 1. The summed E-state index contributed by atoms with van der Waals surface area (Å²) >= 11 is 0. The first-order valence-corrected chi connectivity index (χ1v) is 8.38. The summed E-state index contributed by atoms with van der Waals surface area (Å²) in [5.74, 6) is -2.54. The molecule has 0 fully saturated rings. The summed E-state index contributed by atoms with van der Waals surface area (Å²) in [6, 6.07) is 3.30. The number of carbonyl (C=O) groups excluding carboxylic acids is 5. The molecule has 2 rings (SSSR count). The minimum atomic E-state index is -0.781. The number of hydrogen-bond donors (Lipinski definition) is 2. The Balaban J connectivity index is 1.83. The Bertz CT molecular complexity index is 865. The Morgan fingerprint density at radius 3 is 2.21 bits per heavy atom. The molecule has 11 nitrogen and oxygen atoms in total. The molecule has 1 aromatic rings. The molecule has 0 aliphatic carbocycles. The van der Waals surface area contributed by atoms with Crippen LogP contribution in [0.5, 0.6) is 0 Å². The van der Waals surface area contributed by atoms with Crippen molar-refractivity contribution in [1.82, 2.24) is 15.5 Å². The summed E-state index contributed by atoms with van der Waals surface area (Å²) in [6.45, 7) is 1.03. The van der Waals surface area contributed by atoms with Gasteiger partial charge in [-0.05, 0) is 13.0 Å². The van der Waals surface area contributed by atoms with Crippen LogP contribution < -0.4 is 10.6 Å². The molecule has 0 unspecified atom stereocenters. The molecular weight excluding hydrogens is 372 g/mol. The molecule has 0 spiro atoms. The van der Waals surface area contributed by atoms with Gasteiger partial charge in [-0.15, -0.1) is 0 Å². The standard InChI is InChI=1S/C17H18N4O7/c1-10(22)2-5-14(23)18-6-7-19-15(24)9-20-16(25)12-4-3-11(21(27)28)8-13(12)17(20)26/h3-4,8H,2,5-7,9H2,1H3,(H,18,23)(H,19,24). The predicted octanol–water partition coefficient (Wildman–Crippen LogP) is -0.208. The SMILES string of the molecule is CC(=O)CCC(=O)NCCNC(=O)CN1C(=O)c2ccc([N+](=O)[O-])cc2C1=O. The second kappa shape index (κ2) is 8.84. The quantitative estimate of drug-likeness (QED) is 0.256. The minimum absolute atomic E-state index is 0.00105. The number of imide groups is 1.